The summed E-state index contributed by atoms with van der Waals surface area (Å²) in [7, 11) is -1.04. The lowest BCUT2D eigenvalue weighted by atomic mass is 10.1. The van der Waals surface area contributed by atoms with Gasteiger partial charge in [-0.15, -0.1) is 0 Å². The molecule has 0 fully saturated rings. The minimum Gasteiger partial charge on any atom is -0.497 e. The highest BCUT2D eigenvalue weighted by atomic mass is 32.2. The first-order valence-electron chi connectivity index (χ1n) is 11.5. The zero-order valence-corrected chi connectivity index (χ0v) is 23.1. The molecule has 0 bridgehead atoms. The third kappa shape index (κ3) is 7.61. The van der Waals surface area contributed by atoms with Gasteiger partial charge in [-0.1, -0.05) is 24.3 Å². The Morgan fingerprint density at radius 3 is 2.22 bits per heavy atom. The molecule has 1 N–H and O–H groups in total. The quantitative estimate of drug-likeness (QED) is 0.517. The molecule has 0 unspecified atom stereocenters. The van der Waals surface area contributed by atoms with Crippen LogP contribution in [0.3, 0.4) is 0 Å². The number of carbonyl (C=O) groups excluding carboxylic acids is 2. The predicted molar refractivity (Wildman–Crippen MR) is 141 cm³/mol. The minimum absolute atomic E-state index is 0.136. The van der Waals surface area contributed by atoms with E-state index in [-0.39, 0.29) is 23.9 Å². The Labute approximate surface area is 214 Å². The van der Waals surface area contributed by atoms with Crippen LogP contribution in [-0.4, -0.2) is 63.7 Å². The van der Waals surface area contributed by atoms with E-state index in [1.54, 1.807) is 19.1 Å². The number of methoxy groups -OCH3 is 2. The Hall–Kier alpha value is -3.27. The van der Waals surface area contributed by atoms with Gasteiger partial charge in [0.1, 0.15) is 24.1 Å². The van der Waals surface area contributed by atoms with Gasteiger partial charge in [0.2, 0.25) is 21.8 Å². The molecule has 9 nitrogen and oxygen atoms in total. The number of hydrogen-bond acceptors (Lipinski definition) is 6. The SMILES string of the molecule is COc1ccc(OC)c(N(CC(=O)N(Cc2ccccc2C)[C@H](C)C(=O)NC(C)(C)C)S(C)(=O)=O)c1. The van der Waals surface area contributed by atoms with Gasteiger partial charge in [0.25, 0.3) is 0 Å². The Balaban J connectivity index is 2.51. The fraction of sp³-hybridized carbons (Fsp3) is 0.462. The van der Waals surface area contributed by atoms with E-state index in [2.05, 4.69) is 5.32 Å². The van der Waals surface area contributed by atoms with E-state index in [9.17, 15) is 18.0 Å². The number of aryl methyl sites for hydroxylation is 1. The number of benzene rings is 2. The molecule has 2 rings (SSSR count). The molecule has 2 aromatic rings. The van der Waals surface area contributed by atoms with Crippen LogP contribution < -0.4 is 19.1 Å². The summed E-state index contributed by atoms with van der Waals surface area (Å²) in [5, 5.41) is 2.90. The number of nitrogens with one attached hydrogen (secondary N) is 1. The molecule has 0 spiro atoms. The van der Waals surface area contributed by atoms with Crippen molar-refractivity contribution in [2.24, 2.45) is 0 Å². The number of anilines is 1. The van der Waals surface area contributed by atoms with Gasteiger partial charge in [0, 0.05) is 18.2 Å². The molecule has 0 saturated heterocycles. The van der Waals surface area contributed by atoms with Crippen LogP contribution in [0.4, 0.5) is 5.69 Å². The molecule has 0 aliphatic carbocycles. The zero-order chi connectivity index (χ0) is 27.3. The van der Waals surface area contributed by atoms with Crippen molar-refractivity contribution >= 4 is 27.5 Å². The number of ether oxygens (including phenoxy) is 2. The average Bonchev–Trinajstić information content (AvgIpc) is 2.79. The standard InChI is InChI=1S/C26H37N3O6S/c1-18-11-9-10-12-20(18)16-28(19(2)25(31)27-26(3,4)5)24(30)17-29(36(8,32)33)22-15-21(34-6)13-14-23(22)35-7/h9-15,19H,16-17H2,1-8H3,(H,27,31)/t19-/m1/s1. The van der Waals surface area contributed by atoms with Crippen molar-refractivity contribution in [1.29, 1.82) is 0 Å². The van der Waals surface area contributed by atoms with Crippen molar-refractivity contribution in [2.45, 2.75) is 52.7 Å². The normalized spacial score (nSPS) is 12.4. The summed E-state index contributed by atoms with van der Waals surface area (Å²) < 4.78 is 37.3. The smallest absolute Gasteiger partial charge is 0.244 e. The lowest BCUT2D eigenvalue weighted by molar-refractivity contribution is -0.140. The fourth-order valence-electron chi connectivity index (χ4n) is 3.61. The van der Waals surface area contributed by atoms with E-state index in [1.165, 1.54) is 25.2 Å². The molecule has 0 aliphatic heterocycles. The van der Waals surface area contributed by atoms with Crippen molar-refractivity contribution in [2.75, 3.05) is 31.3 Å². The van der Waals surface area contributed by atoms with E-state index >= 15 is 0 Å². The van der Waals surface area contributed by atoms with Gasteiger partial charge in [-0.05, 0) is 57.9 Å². The maximum absolute atomic E-state index is 13.7. The average molecular weight is 520 g/mol. The predicted octanol–water partition coefficient (Wildman–Crippen LogP) is 3.11. The van der Waals surface area contributed by atoms with Crippen LogP contribution in [0.1, 0.15) is 38.8 Å². The first-order valence-corrected chi connectivity index (χ1v) is 13.4. The van der Waals surface area contributed by atoms with Gasteiger partial charge < -0.3 is 19.7 Å². The van der Waals surface area contributed by atoms with Crippen LogP contribution in [0.15, 0.2) is 42.5 Å². The molecule has 0 saturated carbocycles. The largest absolute Gasteiger partial charge is 0.497 e. The molecule has 0 radical (unpaired) electrons. The van der Waals surface area contributed by atoms with Crippen molar-refractivity contribution in [3.8, 4) is 11.5 Å². The second kappa shape index (κ2) is 11.6. The second-order valence-electron chi connectivity index (χ2n) is 9.67. The molecule has 0 heterocycles. The summed E-state index contributed by atoms with van der Waals surface area (Å²) in [6, 6.07) is 11.4. The summed E-state index contributed by atoms with van der Waals surface area (Å²) in [5.74, 6) is -0.209. The first-order chi connectivity index (χ1) is 16.7. The zero-order valence-electron chi connectivity index (χ0n) is 22.3. The molecule has 198 valence electrons. The van der Waals surface area contributed by atoms with Gasteiger partial charge >= 0.3 is 0 Å². The molecule has 2 aromatic carbocycles. The van der Waals surface area contributed by atoms with E-state index in [4.69, 9.17) is 9.47 Å². The topological polar surface area (TPSA) is 105 Å². The van der Waals surface area contributed by atoms with Crippen molar-refractivity contribution in [3.63, 3.8) is 0 Å². The maximum Gasteiger partial charge on any atom is 0.244 e. The summed E-state index contributed by atoms with van der Waals surface area (Å²) in [5.41, 5.74) is 1.46. The van der Waals surface area contributed by atoms with E-state index < -0.39 is 34.1 Å². The maximum atomic E-state index is 13.7. The minimum atomic E-state index is -3.91. The van der Waals surface area contributed by atoms with Gasteiger partial charge in [-0.3, -0.25) is 13.9 Å². The number of hydrogen-bond donors (Lipinski definition) is 1. The molecule has 10 heteroatoms. The third-order valence-electron chi connectivity index (χ3n) is 5.60. The Bertz CT molecular complexity index is 1190. The Morgan fingerprint density at radius 2 is 1.69 bits per heavy atom. The number of rotatable bonds is 10. The lowest BCUT2D eigenvalue weighted by Gasteiger charge is -2.33. The number of nitrogens with zero attached hydrogens (tertiary/aromatic N) is 2. The van der Waals surface area contributed by atoms with Gasteiger partial charge in [0.15, 0.2) is 0 Å². The van der Waals surface area contributed by atoms with Gasteiger partial charge in [-0.25, -0.2) is 8.42 Å². The Kier molecular flexibility index (Phi) is 9.37. The fourth-order valence-corrected chi connectivity index (χ4v) is 4.46. The molecule has 0 aromatic heterocycles. The number of carbonyl (C=O) groups is 2. The number of amides is 2. The van der Waals surface area contributed by atoms with Crippen LogP contribution in [0, 0.1) is 6.92 Å². The van der Waals surface area contributed by atoms with Crippen LogP contribution in [0.2, 0.25) is 0 Å². The van der Waals surface area contributed by atoms with Crippen LogP contribution in [0.5, 0.6) is 11.5 Å². The highest BCUT2D eigenvalue weighted by Crippen LogP contribution is 2.34. The Morgan fingerprint density at radius 1 is 1.06 bits per heavy atom. The van der Waals surface area contributed by atoms with Gasteiger partial charge in [-0.2, -0.15) is 0 Å². The van der Waals surface area contributed by atoms with Crippen LogP contribution in [0.25, 0.3) is 0 Å². The summed E-state index contributed by atoms with van der Waals surface area (Å²) in [6.07, 6.45) is 1.01. The highest BCUT2D eigenvalue weighted by molar-refractivity contribution is 7.92. The summed E-state index contributed by atoms with van der Waals surface area (Å²) in [6.45, 7) is 8.72. The molecule has 1 atom stereocenters. The monoisotopic (exact) mass is 519 g/mol. The van der Waals surface area contributed by atoms with E-state index in [1.807, 2.05) is 52.0 Å². The van der Waals surface area contributed by atoms with Crippen molar-refractivity contribution in [3.05, 3.63) is 53.6 Å². The third-order valence-corrected chi connectivity index (χ3v) is 6.73. The molecule has 0 aliphatic rings. The van der Waals surface area contributed by atoms with Crippen molar-refractivity contribution < 1.29 is 27.5 Å². The van der Waals surface area contributed by atoms with Crippen molar-refractivity contribution in [1.82, 2.24) is 10.2 Å². The summed E-state index contributed by atoms with van der Waals surface area (Å²) >= 11 is 0. The molecular formula is C26H37N3O6S. The molecular weight excluding hydrogens is 482 g/mol. The van der Waals surface area contributed by atoms with Crippen LogP contribution in [-0.2, 0) is 26.2 Å². The molecule has 2 amide bonds. The first kappa shape index (κ1) is 29.0. The highest BCUT2D eigenvalue weighted by Gasteiger charge is 2.32. The number of sulfonamides is 1. The lowest BCUT2D eigenvalue weighted by Crippen LogP contribution is -2.54. The van der Waals surface area contributed by atoms with E-state index in [0.29, 0.717) is 5.75 Å². The summed E-state index contributed by atoms with van der Waals surface area (Å²) in [4.78, 5) is 28.2. The molecule has 36 heavy (non-hydrogen) atoms. The van der Waals surface area contributed by atoms with Gasteiger partial charge in [0.05, 0.1) is 26.2 Å². The van der Waals surface area contributed by atoms with Crippen LogP contribution >= 0.6 is 0 Å². The van der Waals surface area contributed by atoms with E-state index in [0.717, 1.165) is 21.7 Å². The second-order valence-corrected chi connectivity index (χ2v) is 11.6.